The van der Waals surface area contributed by atoms with E-state index in [9.17, 15) is 0 Å². The third-order valence-electron chi connectivity index (χ3n) is 4.99. The van der Waals surface area contributed by atoms with Crippen molar-refractivity contribution in [1.82, 2.24) is 4.98 Å². The summed E-state index contributed by atoms with van der Waals surface area (Å²) in [6, 6.07) is 31.7. The van der Waals surface area contributed by atoms with Crippen molar-refractivity contribution in [1.29, 1.82) is 0 Å². The van der Waals surface area contributed by atoms with Gasteiger partial charge < -0.3 is 5.32 Å². The molecule has 124 valence electrons. The maximum absolute atomic E-state index is 4.94. The Morgan fingerprint density at radius 2 is 1.46 bits per heavy atom. The van der Waals surface area contributed by atoms with Gasteiger partial charge in [0.2, 0.25) is 0 Å². The molecule has 0 radical (unpaired) electrons. The Bertz CT molecular complexity index is 1110. The van der Waals surface area contributed by atoms with Crippen LogP contribution in [-0.2, 0) is 0 Å². The third kappa shape index (κ3) is 2.47. The van der Waals surface area contributed by atoms with Crippen LogP contribution in [-0.4, -0.2) is 4.98 Å². The lowest BCUT2D eigenvalue weighted by molar-refractivity contribution is 1.02. The SMILES string of the molecule is C1=C(c2ccc3ccccc3n2)C(c2ccccc2)c2ccccc2N1. The van der Waals surface area contributed by atoms with Crippen molar-refractivity contribution in [2.75, 3.05) is 5.32 Å². The highest BCUT2D eigenvalue weighted by molar-refractivity contribution is 5.85. The van der Waals surface area contributed by atoms with Crippen molar-refractivity contribution >= 4 is 22.2 Å². The van der Waals surface area contributed by atoms with Crippen molar-refractivity contribution in [3.8, 4) is 0 Å². The van der Waals surface area contributed by atoms with Crippen LogP contribution in [0.1, 0.15) is 22.7 Å². The molecular formula is C24H18N2. The van der Waals surface area contributed by atoms with Gasteiger partial charge in [-0.15, -0.1) is 0 Å². The maximum Gasteiger partial charge on any atom is 0.0709 e. The summed E-state index contributed by atoms with van der Waals surface area (Å²) >= 11 is 0. The average molecular weight is 334 g/mol. The molecule has 1 N–H and O–H groups in total. The van der Waals surface area contributed by atoms with Gasteiger partial charge in [0, 0.05) is 28.8 Å². The van der Waals surface area contributed by atoms with Gasteiger partial charge in [-0.3, -0.25) is 0 Å². The molecule has 0 spiro atoms. The zero-order valence-corrected chi connectivity index (χ0v) is 14.3. The van der Waals surface area contributed by atoms with Gasteiger partial charge in [-0.2, -0.15) is 0 Å². The summed E-state index contributed by atoms with van der Waals surface area (Å²) in [4.78, 5) is 4.94. The van der Waals surface area contributed by atoms with Crippen molar-refractivity contribution in [3.05, 3.63) is 114 Å². The molecule has 1 atom stereocenters. The van der Waals surface area contributed by atoms with E-state index in [1.54, 1.807) is 0 Å². The Labute approximate surface area is 152 Å². The second kappa shape index (κ2) is 6.16. The van der Waals surface area contributed by atoms with Gasteiger partial charge in [0.25, 0.3) is 0 Å². The molecule has 4 aromatic rings. The largest absolute Gasteiger partial charge is 0.361 e. The minimum Gasteiger partial charge on any atom is -0.361 e. The zero-order valence-electron chi connectivity index (χ0n) is 14.3. The smallest absolute Gasteiger partial charge is 0.0709 e. The molecule has 0 saturated heterocycles. The first-order valence-corrected chi connectivity index (χ1v) is 8.87. The summed E-state index contributed by atoms with van der Waals surface area (Å²) in [5, 5.41) is 4.62. The van der Waals surface area contributed by atoms with E-state index in [0.717, 1.165) is 22.3 Å². The third-order valence-corrected chi connectivity index (χ3v) is 4.99. The van der Waals surface area contributed by atoms with Gasteiger partial charge in [-0.1, -0.05) is 72.8 Å². The molecule has 2 nitrogen and oxygen atoms in total. The Hall–Kier alpha value is -3.39. The van der Waals surface area contributed by atoms with Crippen molar-refractivity contribution in [3.63, 3.8) is 0 Å². The summed E-state index contributed by atoms with van der Waals surface area (Å²) in [6.07, 6.45) is 2.11. The molecule has 0 aliphatic carbocycles. The first kappa shape index (κ1) is 14.9. The average Bonchev–Trinajstić information content (AvgIpc) is 2.73. The highest BCUT2D eigenvalue weighted by atomic mass is 14.9. The molecule has 0 bridgehead atoms. The number of pyridine rings is 1. The van der Waals surface area contributed by atoms with Crippen LogP contribution in [0.5, 0.6) is 0 Å². The lowest BCUT2D eigenvalue weighted by Gasteiger charge is -2.28. The highest BCUT2D eigenvalue weighted by Gasteiger charge is 2.26. The molecule has 5 rings (SSSR count). The molecule has 0 amide bonds. The summed E-state index contributed by atoms with van der Waals surface area (Å²) < 4.78 is 0. The van der Waals surface area contributed by atoms with Gasteiger partial charge in [0.1, 0.15) is 0 Å². The molecule has 26 heavy (non-hydrogen) atoms. The van der Waals surface area contributed by atoms with Crippen molar-refractivity contribution in [2.24, 2.45) is 0 Å². The van der Waals surface area contributed by atoms with Crippen LogP contribution in [0.3, 0.4) is 0 Å². The zero-order chi connectivity index (χ0) is 17.3. The van der Waals surface area contributed by atoms with Gasteiger partial charge in [-0.05, 0) is 29.3 Å². The minimum absolute atomic E-state index is 0.169. The second-order valence-electron chi connectivity index (χ2n) is 6.56. The van der Waals surface area contributed by atoms with E-state index >= 15 is 0 Å². The molecule has 1 aromatic heterocycles. The quantitative estimate of drug-likeness (QED) is 0.498. The van der Waals surface area contributed by atoms with Crippen LogP contribution in [0.25, 0.3) is 16.5 Å². The number of para-hydroxylation sites is 2. The van der Waals surface area contributed by atoms with E-state index in [1.807, 2.05) is 12.1 Å². The van der Waals surface area contributed by atoms with Crippen molar-refractivity contribution < 1.29 is 0 Å². The summed E-state index contributed by atoms with van der Waals surface area (Å²) in [5.41, 5.74) is 6.96. The summed E-state index contributed by atoms with van der Waals surface area (Å²) in [7, 11) is 0. The summed E-state index contributed by atoms with van der Waals surface area (Å²) in [6.45, 7) is 0. The van der Waals surface area contributed by atoms with Gasteiger partial charge >= 0.3 is 0 Å². The molecule has 2 heterocycles. The predicted octanol–water partition coefficient (Wildman–Crippen LogP) is 5.83. The monoisotopic (exact) mass is 334 g/mol. The normalized spacial score (nSPS) is 15.8. The molecule has 0 fully saturated rings. The number of allylic oxidation sites excluding steroid dienone is 1. The van der Waals surface area contributed by atoms with Crippen LogP contribution in [0.15, 0.2) is 97.2 Å². The van der Waals surface area contributed by atoms with E-state index < -0.39 is 0 Å². The van der Waals surface area contributed by atoms with Crippen LogP contribution >= 0.6 is 0 Å². The molecule has 3 aromatic carbocycles. The number of fused-ring (bicyclic) bond motifs is 2. The van der Waals surface area contributed by atoms with E-state index in [2.05, 4.69) is 90.4 Å². The summed E-state index contributed by atoms with van der Waals surface area (Å²) in [5.74, 6) is 0.169. The van der Waals surface area contributed by atoms with E-state index in [0.29, 0.717) is 0 Å². The van der Waals surface area contributed by atoms with Gasteiger partial charge in [-0.25, -0.2) is 4.98 Å². The fraction of sp³-hybridized carbons (Fsp3) is 0.0417. The van der Waals surface area contributed by atoms with E-state index in [4.69, 9.17) is 4.98 Å². The lowest BCUT2D eigenvalue weighted by Crippen LogP contribution is -2.13. The number of hydrogen-bond donors (Lipinski definition) is 1. The van der Waals surface area contributed by atoms with E-state index in [1.165, 1.54) is 16.7 Å². The first-order chi connectivity index (χ1) is 12.9. The molecule has 1 aliphatic heterocycles. The van der Waals surface area contributed by atoms with Crippen LogP contribution < -0.4 is 5.32 Å². The molecule has 1 aliphatic rings. The molecule has 0 saturated carbocycles. The lowest BCUT2D eigenvalue weighted by atomic mass is 9.81. The number of aromatic nitrogens is 1. The Morgan fingerprint density at radius 3 is 2.38 bits per heavy atom. The number of hydrogen-bond acceptors (Lipinski definition) is 2. The first-order valence-electron chi connectivity index (χ1n) is 8.87. The topological polar surface area (TPSA) is 24.9 Å². The highest BCUT2D eigenvalue weighted by Crippen LogP contribution is 2.43. The number of benzene rings is 3. The van der Waals surface area contributed by atoms with Gasteiger partial charge in [0.15, 0.2) is 0 Å². The Morgan fingerprint density at radius 1 is 0.692 bits per heavy atom. The van der Waals surface area contributed by atoms with E-state index in [-0.39, 0.29) is 5.92 Å². The fourth-order valence-electron chi connectivity index (χ4n) is 3.74. The standard InChI is InChI=1S/C24H18N2/c1-2-9-18(10-3-1)24-19-11-5-7-13-22(19)25-16-20(24)23-15-14-17-8-4-6-12-21(17)26-23/h1-16,24-25H. The second-order valence-corrected chi connectivity index (χ2v) is 6.56. The van der Waals surface area contributed by atoms with Gasteiger partial charge in [0.05, 0.1) is 11.2 Å². The number of nitrogens with zero attached hydrogens (tertiary/aromatic N) is 1. The fourth-order valence-corrected chi connectivity index (χ4v) is 3.74. The Kier molecular flexibility index (Phi) is 3.53. The number of anilines is 1. The van der Waals surface area contributed by atoms with Crippen LogP contribution in [0, 0.1) is 0 Å². The molecule has 2 heteroatoms. The maximum atomic E-state index is 4.94. The van der Waals surface area contributed by atoms with Crippen LogP contribution in [0.2, 0.25) is 0 Å². The minimum atomic E-state index is 0.169. The van der Waals surface area contributed by atoms with Crippen LogP contribution in [0.4, 0.5) is 5.69 Å². The predicted molar refractivity (Wildman–Crippen MR) is 108 cm³/mol. The van der Waals surface area contributed by atoms with Crippen molar-refractivity contribution in [2.45, 2.75) is 5.92 Å². The number of nitrogens with one attached hydrogen (secondary N) is 1. The molecular weight excluding hydrogens is 316 g/mol. The number of rotatable bonds is 2. The Balaban J connectivity index is 1.70. The molecule has 1 unspecified atom stereocenters.